The molecular weight excluding hydrogens is 376 g/mol. The van der Waals surface area contributed by atoms with Crippen LogP contribution in [0.4, 0.5) is 0 Å². The van der Waals surface area contributed by atoms with Gasteiger partial charge in [-0.2, -0.15) is 0 Å². The first kappa shape index (κ1) is 20.8. The molecule has 1 aliphatic heterocycles. The lowest BCUT2D eigenvalue weighted by Crippen LogP contribution is -2.43. The van der Waals surface area contributed by atoms with Gasteiger partial charge in [0.1, 0.15) is 16.6 Å². The molecule has 1 fully saturated rings. The predicted octanol–water partition coefficient (Wildman–Crippen LogP) is 3.36. The first-order valence-corrected chi connectivity index (χ1v) is 10.2. The van der Waals surface area contributed by atoms with Crippen molar-refractivity contribution in [3.8, 4) is 17.1 Å². The van der Waals surface area contributed by atoms with Gasteiger partial charge in [-0.3, -0.25) is 9.69 Å². The molecule has 28 heavy (non-hydrogen) atoms. The van der Waals surface area contributed by atoms with E-state index in [1.807, 2.05) is 26.8 Å². The Bertz CT molecular complexity index is 873. The van der Waals surface area contributed by atoms with E-state index in [1.165, 1.54) is 5.56 Å². The van der Waals surface area contributed by atoms with Crippen LogP contribution < -0.4 is 10.3 Å². The second-order valence-electron chi connectivity index (χ2n) is 7.61. The Kier molecular flexibility index (Phi) is 6.75. The second-order valence-corrected chi connectivity index (χ2v) is 7.99. The minimum atomic E-state index is -0.317. The topological polar surface area (TPSA) is 61.5 Å². The van der Waals surface area contributed by atoms with Crippen molar-refractivity contribution in [1.29, 1.82) is 0 Å². The fourth-order valence-electron chi connectivity index (χ4n) is 3.39. The zero-order valence-corrected chi connectivity index (χ0v) is 17.8. The molecule has 0 atom stereocenters. The van der Waals surface area contributed by atoms with E-state index in [1.54, 1.807) is 0 Å². The second kappa shape index (κ2) is 9.07. The number of rotatable bonds is 6. The number of hydrogen-bond acceptors (Lipinski definition) is 5. The Balaban J connectivity index is 1.97. The zero-order valence-electron chi connectivity index (χ0n) is 17.1. The summed E-state index contributed by atoms with van der Waals surface area (Å²) in [6.07, 6.45) is 0. The number of piperazine rings is 1. The molecule has 0 saturated carbocycles. The van der Waals surface area contributed by atoms with Crippen molar-refractivity contribution in [2.45, 2.75) is 33.2 Å². The van der Waals surface area contributed by atoms with E-state index in [0.29, 0.717) is 23.9 Å². The smallest absolute Gasteiger partial charge is 0.270 e. The number of benzene rings is 1. The number of likely N-dealkylation sites (N-methyl/N-ethyl adjacent to an activating group) is 1. The Hall–Kier alpha value is -1.89. The van der Waals surface area contributed by atoms with Gasteiger partial charge in [-0.1, -0.05) is 31.5 Å². The van der Waals surface area contributed by atoms with Crippen LogP contribution in [-0.4, -0.2) is 59.6 Å². The molecule has 0 aliphatic carbocycles. The number of aromatic amines is 1. The number of ether oxygens (including phenoxy) is 1. The average molecular weight is 405 g/mol. The maximum absolute atomic E-state index is 12.4. The van der Waals surface area contributed by atoms with E-state index >= 15 is 0 Å². The molecule has 0 unspecified atom stereocenters. The van der Waals surface area contributed by atoms with Crippen LogP contribution in [-0.2, 0) is 6.54 Å². The molecule has 6 nitrogen and oxygen atoms in total. The molecule has 1 saturated heterocycles. The molecule has 1 aromatic carbocycles. The minimum Gasteiger partial charge on any atom is -0.493 e. The lowest BCUT2D eigenvalue weighted by Gasteiger charge is -2.32. The summed E-state index contributed by atoms with van der Waals surface area (Å²) in [5.41, 5.74) is 2.26. The highest BCUT2D eigenvalue weighted by molar-refractivity contribution is 6.31. The molecule has 2 heterocycles. The fraction of sp³-hybridized carbons (Fsp3) is 0.524. The van der Waals surface area contributed by atoms with Gasteiger partial charge in [-0.05, 0) is 37.6 Å². The van der Waals surface area contributed by atoms with Gasteiger partial charge in [0.25, 0.3) is 5.56 Å². The van der Waals surface area contributed by atoms with Gasteiger partial charge in [-0.15, -0.1) is 0 Å². The average Bonchev–Trinajstić information content (AvgIpc) is 2.67. The molecule has 3 rings (SSSR count). The maximum atomic E-state index is 12.4. The van der Waals surface area contributed by atoms with Crippen molar-refractivity contribution >= 4 is 11.6 Å². The molecule has 0 bridgehead atoms. The van der Waals surface area contributed by atoms with E-state index in [0.717, 1.165) is 38.3 Å². The minimum absolute atomic E-state index is 0.0533. The first-order valence-electron chi connectivity index (χ1n) is 9.85. The number of nitrogens with one attached hydrogen (secondary N) is 1. The van der Waals surface area contributed by atoms with Gasteiger partial charge in [0, 0.05) is 32.7 Å². The summed E-state index contributed by atoms with van der Waals surface area (Å²) in [7, 11) is 2.15. The van der Waals surface area contributed by atoms with Gasteiger partial charge in [0.05, 0.1) is 17.9 Å². The normalized spacial score (nSPS) is 15.9. The van der Waals surface area contributed by atoms with Crippen LogP contribution in [0.25, 0.3) is 11.4 Å². The highest BCUT2D eigenvalue weighted by Crippen LogP contribution is 2.31. The summed E-state index contributed by atoms with van der Waals surface area (Å²) in [6.45, 7) is 11.6. The van der Waals surface area contributed by atoms with Crippen molar-refractivity contribution in [1.82, 2.24) is 19.8 Å². The molecule has 0 amide bonds. The van der Waals surface area contributed by atoms with Crippen LogP contribution in [0.3, 0.4) is 0 Å². The van der Waals surface area contributed by atoms with Crippen LogP contribution in [0, 0.1) is 0 Å². The van der Waals surface area contributed by atoms with Crippen molar-refractivity contribution in [2.75, 3.05) is 39.8 Å². The summed E-state index contributed by atoms with van der Waals surface area (Å²) in [6, 6.07) is 6.12. The van der Waals surface area contributed by atoms with E-state index < -0.39 is 0 Å². The number of hydrogen-bond donors (Lipinski definition) is 1. The predicted molar refractivity (Wildman–Crippen MR) is 113 cm³/mol. The quantitative estimate of drug-likeness (QED) is 0.799. The van der Waals surface area contributed by atoms with E-state index in [4.69, 9.17) is 16.3 Å². The number of halogens is 1. The summed E-state index contributed by atoms with van der Waals surface area (Å²) in [5, 5.41) is 0.158. The standard InChI is InChI=1S/C21H29ClN4O2/c1-5-28-17-7-6-15(13-26-10-8-25(4)9-11-26)12-16(17)20-23-19(14(2)3)18(22)21(27)24-20/h6-7,12,14H,5,8-11,13H2,1-4H3,(H,23,24,27). The Morgan fingerprint density at radius 1 is 1.25 bits per heavy atom. The van der Waals surface area contributed by atoms with Crippen LogP contribution in [0.5, 0.6) is 5.75 Å². The van der Waals surface area contributed by atoms with Crippen molar-refractivity contribution in [3.05, 3.63) is 44.8 Å². The van der Waals surface area contributed by atoms with Crippen molar-refractivity contribution in [2.24, 2.45) is 0 Å². The summed E-state index contributed by atoms with van der Waals surface area (Å²) in [4.78, 5) is 24.6. The van der Waals surface area contributed by atoms with Gasteiger partial charge in [0.15, 0.2) is 0 Å². The third-order valence-electron chi connectivity index (χ3n) is 5.04. The molecule has 1 aromatic heterocycles. The van der Waals surface area contributed by atoms with Crippen molar-refractivity contribution in [3.63, 3.8) is 0 Å². The monoisotopic (exact) mass is 404 g/mol. The Morgan fingerprint density at radius 3 is 2.61 bits per heavy atom. The molecule has 1 N–H and O–H groups in total. The van der Waals surface area contributed by atoms with Crippen LogP contribution in [0.15, 0.2) is 23.0 Å². The Labute approximate surface area is 171 Å². The molecule has 0 spiro atoms. The van der Waals surface area contributed by atoms with Gasteiger partial charge in [-0.25, -0.2) is 4.98 Å². The van der Waals surface area contributed by atoms with E-state index in [-0.39, 0.29) is 16.5 Å². The van der Waals surface area contributed by atoms with Crippen LogP contribution in [0.2, 0.25) is 5.02 Å². The first-order chi connectivity index (χ1) is 13.4. The largest absolute Gasteiger partial charge is 0.493 e. The van der Waals surface area contributed by atoms with Crippen LogP contribution in [0.1, 0.15) is 37.9 Å². The SMILES string of the molecule is CCOc1ccc(CN2CCN(C)CC2)cc1-c1nc(C(C)C)c(Cl)c(=O)[nH]1. The van der Waals surface area contributed by atoms with Gasteiger partial charge in [0.2, 0.25) is 0 Å². The summed E-state index contributed by atoms with van der Waals surface area (Å²) in [5.74, 6) is 1.27. The maximum Gasteiger partial charge on any atom is 0.270 e. The number of aromatic nitrogens is 2. The molecule has 2 aromatic rings. The lowest BCUT2D eigenvalue weighted by molar-refractivity contribution is 0.148. The molecule has 1 aliphatic rings. The van der Waals surface area contributed by atoms with Gasteiger partial charge >= 0.3 is 0 Å². The molecule has 7 heteroatoms. The zero-order chi connectivity index (χ0) is 20.3. The molecular formula is C21H29ClN4O2. The third-order valence-corrected chi connectivity index (χ3v) is 5.40. The number of H-pyrrole nitrogens is 1. The highest BCUT2D eigenvalue weighted by atomic mass is 35.5. The highest BCUT2D eigenvalue weighted by Gasteiger charge is 2.18. The summed E-state index contributed by atoms with van der Waals surface area (Å²) >= 11 is 6.17. The van der Waals surface area contributed by atoms with Crippen molar-refractivity contribution < 1.29 is 4.74 Å². The molecule has 152 valence electrons. The van der Waals surface area contributed by atoms with Gasteiger partial charge < -0.3 is 14.6 Å². The lowest BCUT2D eigenvalue weighted by atomic mass is 10.1. The summed E-state index contributed by atoms with van der Waals surface area (Å²) < 4.78 is 5.81. The fourth-order valence-corrected chi connectivity index (χ4v) is 3.70. The number of nitrogens with zero attached hydrogens (tertiary/aromatic N) is 3. The van der Waals surface area contributed by atoms with E-state index in [9.17, 15) is 4.79 Å². The van der Waals surface area contributed by atoms with Crippen LogP contribution >= 0.6 is 11.6 Å². The van der Waals surface area contributed by atoms with E-state index in [2.05, 4.69) is 38.9 Å². The third kappa shape index (κ3) is 4.74. The Morgan fingerprint density at radius 2 is 1.96 bits per heavy atom. The molecule has 0 radical (unpaired) electrons.